The van der Waals surface area contributed by atoms with Crippen molar-refractivity contribution in [3.05, 3.63) is 49.6 Å². The van der Waals surface area contributed by atoms with Crippen LogP contribution in [0.3, 0.4) is 0 Å². The Kier molecular flexibility index (Phi) is 3.91. The number of rotatable bonds is 2. The van der Waals surface area contributed by atoms with Crippen molar-refractivity contribution >= 4 is 45.2 Å². The van der Waals surface area contributed by atoms with Crippen LogP contribution in [-0.2, 0) is 0 Å². The molecule has 4 heteroatoms. The summed E-state index contributed by atoms with van der Waals surface area (Å²) < 4.78 is 7.25. The number of aromatic hydroxyl groups is 1. The van der Waals surface area contributed by atoms with E-state index < -0.39 is 0 Å². The van der Waals surface area contributed by atoms with Gasteiger partial charge in [0, 0.05) is 0 Å². The normalized spacial score (nSPS) is 10.1. The van der Waals surface area contributed by atoms with Crippen LogP contribution in [0.1, 0.15) is 0 Å². The van der Waals surface area contributed by atoms with Gasteiger partial charge in [-0.05, 0) is 69.4 Å². The molecule has 2 nitrogen and oxygen atoms in total. The van der Waals surface area contributed by atoms with Crippen LogP contribution in [0.15, 0.2) is 42.5 Å². The molecule has 0 aliphatic carbocycles. The Balaban J connectivity index is 2.29. The van der Waals surface area contributed by atoms with Crippen molar-refractivity contribution in [1.82, 2.24) is 0 Å². The molecular weight excluding hydrogens is 430 g/mol. The van der Waals surface area contributed by atoms with Gasteiger partial charge in [-0.3, -0.25) is 0 Å². The molecule has 0 aliphatic heterocycles. The van der Waals surface area contributed by atoms with Crippen LogP contribution in [0.25, 0.3) is 0 Å². The minimum absolute atomic E-state index is 0.307. The molecule has 2 aromatic rings. The van der Waals surface area contributed by atoms with Gasteiger partial charge in [-0.15, -0.1) is 0 Å². The van der Waals surface area contributed by atoms with Gasteiger partial charge in [-0.1, -0.05) is 18.2 Å². The van der Waals surface area contributed by atoms with Crippen LogP contribution in [0.5, 0.6) is 17.2 Å². The highest BCUT2D eigenvalue weighted by atomic mass is 127. The summed E-state index contributed by atoms with van der Waals surface area (Å²) in [5.41, 5.74) is 0. The molecular formula is C12H8I2O2. The van der Waals surface area contributed by atoms with E-state index in [0.29, 0.717) is 5.75 Å². The highest BCUT2D eigenvalue weighted by Crippen LogP contribution is 2.32. The maximum Gasteiger partial charge on any atom is 0.142 e. The molecule has 0 amide bonds. The highest BCUT2D eigenvalue weighted by molar-refractivity contribution is 14.1. The van der Waals surface area contributed by atoms with E-state index in [2.05, 4.69) is 45.2 Å². The molecule has 0 atom stereocenters. The molecule has 1 N–H and O–H groups in total. The molecule has 0 fully saturated rings. The van der Waals surface area contributed by atoms with Crippen LogP contribution in [0, 0.1) is 7.14 Å². The number of benzene rings is 2. The SMILES string of the molecule is Oc1c(I)cc(Oc2ccccc2)cc1I. The maximum absolute atomic E-state index is 9.63. The van der Waals surface area contributed by atoms with Crippen molar-refractivity contribution in [2.24, 2.45) is 0 Å². The lowest BCUT2D eigenvalue weighted by atomic mass is 10.3. The van der Waals surface area contributed by atoms with Gasteiger partial charge in [0.2, 0.25) is 0 Å². The zero-order valence-corrected chi connectivity index (χ0v) is 12.5. The van der Waals surface area contributed by atoms with Crippen molar-refractivity contribution in [1.29, 1.82) is 0 Å². The molecule has 0 bridgehead atoms. The molecule has 0 aliphatic rings. The molecule has 0 saturated heterocycles. The van der Waals surface area contributed by atoms with Gasteiger partial charge in [0.15, 0.2) is 0 Å². The van der Waals surface area contributed by atoms with E-state index in [1.165, 1.54) is 0 Å². The highest BCUT2D eigenvalue weighted by Gasteiger charge is 2.06. The summed E-state index contributed by atoms with van der Waals surface area (Å²) in [5, 5.41) is 9.63. The Morgan fingerprint density at radius 3 is 2.00 bits per heavy atom. The predicted molar refractivity (Wildman–Crippen MR) is 80.1 cm³/mol. The zero-order chi connectivity index (χ0) is 11.5. The lowest BCUT2D eigenvalue weighted by Gasteiger charge is -2.08. The van der Waals surface area contributed by atoms with Crippen molar-refractivity contribution in [3.8, 4) is 17.2 Å². The monoisotopic (exact) mass is 438 g/mol. The van der Waals surface area contributed by atoms with Gasteiger partial charge >= 0.3 is 0 Å². The lowest BCUT2D eigenvalue weighted by Crippen LogP contribution is -1.87. The first kappa shape index (κ1) is 12.0. The van der Waals surface area contributed by atoms with Crippen LogP contribution < -0.4 is 4.74 Å². The van der Waals surface area contributed by atoms with Crippen molar-refractivity contribution in [2.75, 3.05) is 0 Å². The minimum Gasteiger partial charge on any atom is -0.506 e. The van der Waals surface area contributed by atoms with Crippen LogP contribution in [0.2, 0.25) is 0 Å². The largest absolute Gasteiger partial charge is 0.506 e. The topological polar surface area (TPSA) is 29.5 Å². The number of ether oxygens (including phenoxy) is 1. The fourth-order valence-corrected chi connectivity index (χ4v) is 2.94. The zero-order valence-electron chi connectivity index (χ0n) is 8.15. The summed E-state index contributed by atoms with van der Waals surface area (Å²) in [7, 11) is 0. The third-order valence-electron chi connectivity index (χ3n) is 1.97. The number of phenolic OH excluding ortho intramolecular Hbond substituents is 1. The number of hydrogen-bond acceptors (Lipinski definition) is 2. The van der Waals surface area contributed by atoms with E-state index in [1.54, 1.807) is 0 Å². The third-order valence-corrected chi connectivity index (χ3v) is 3.61. The van der Waals surface area contributed by atoms with E-state index in [4.69, 9.17) is 4.74 Å². The average molecular weight is 438 g/mol. The second kappa shape index (κ2) is 5.22. The smallest absolute Gasteiger partial charge is 0.142 e. The Bertz CT molecular complexity index is 475. The van der Waals surface area contributed by atoms with Gasteiger partial charge in [-0.25, -0.2) is 0 Å². The summed E-state index contributed by atoms with van der Waals surface area (Å²) >= 11 is 4.17. The third kappa shape index (κ3) is 2.79. The number of halogens is 2. The van der Waals surface area contributed by atoms with Gasteiger partial charge in [-0.2, -0.15) is 0 Å². The molecule has 0 heterocycles. The van der Waals surface area contributed by atoms with Crippen molar-refractivity contribution in [3.63, 3.8) is 0 Å². The lowest BCUT2D eigenvalue weighted by molar-refractivity contribution is 0.457. The van der Waals surface area contributed by atoms with Gasteiger partial charge in [0.05, 0.1) is 7.14 Å². The summed E-state index contributed by atoms with van der Waals surface area (Å²) in [4.78, 5) is 0. The van der Waals surface area contributed by atoms with Gasteiger partial charge in [0.25, 0.3) is 0 Å². The van der Waals surface area contributed by atoms with E-state index in [0.717, 1.165) is 18.6 Å². The predicted octanol–water partition coefficient (Wildman–Crippen LogP) is 4.39. The Hall–Kier alpha value is -0.500. The molecule has 16 heavy (non-hydrogen) atoms. The van der Waals surface area contributed by atoms with Crippen LogP contribution >= 0.6 is 45.2 Å². The second-order valence-corrected chi connectivity index (χ2v) is 5.48. The van der Waals surface area contributed by atoms with Gasteiger partial charge in [0.1, 0.15) is 17.2 Å². The minimum atomic E-state index is 0.307. The van der Waals surface area contributed by atoms with Gasteiger partial charge < -0.3 is 9.84 Å². The molecule has 0 unspecified atom stereocenters. The summed E-state index contributed by atoms with van der Waals surface area (Å²) in [5.74, 6) is 1.83. The number of phenols is 1. The average Bonchev–Trinajstić information content (AvgIpc) is 2.27. The fourth-order valence-electron chi connectivity index (χ4n) is 1.23. The Morgan fingerprint density at radius 2 is 1.44 bits per heavy atom. The fraction of sp³-hybridized carbons (Fsp3) is 0. The second-order valence-electron chi connectivity index (χ2n) is 3.15. The molecule has 0 aromatic heterocycles. The number of para-hydroxylation sites is 1. The first-order chi connectivity index (χ1) is 7.66. The standard InChI is InChI=1S/C12H8I2O2/c13-10-6-9(7-11(14)12(10)15)16-8-4-2-1-3-5-8/h1-7,15H. The van der Waals surface area contributed by atoms with Crippen LogP contribution in [-0.4, -0.2) is 5.11 Å². The molecule has 2 aromatic carbocycles. The summed E-state index contributed by atoms with van der Waals surface area (Å²) in [6.45, 7) is 0. The molecule has 82 valence electrons. The molecule has 0 spiro atoms. The quantitative estimate of drug-likeness (QED) is 0.706. The van der Waals surface area contributed by atoms with Crippen LogP contribution in [0.4, 0.5) is 0 Å². The molecule has 2 rings (SSSR count). The van der Waals surface area contributed by atoms with E-state index in [-0.39, 0.29) is 0 Å². The Morgan fingerprint density at radius 1 is 0.875 bits per heavy atom. The summed E-state index contributed by atoms with van der Waals surface area (Å²) in [6, 6.07) is 13.2. The number of hydrogen-bond donors (Lipinski definition) is 1. The van der Waals surface area contributed by atoms with E-state index in [1.807, 2.05) is 42.5 Å². The first-order valence-corrected chi connectivity index (χ1v) is 6.73. The first-order valence-electron chi connectivity index (χ1n) is 4.58. The maximum atomic E-state index is 9.63. The van der Waals surface area contributed by atoms with Crippen molar-refractivity contribution < 1.29 is 9.84 Å². The molecule has 0 radical (unpaired) electrons. The Labute approximate surface area is 121 Å². The molecule has 0 saturated carbocycles. The van der Waals surface area contributed by atoms with Crippen molar-refractivity contribution in [2.45, 2.75) is 0 Å². The van der Waals surface area contributed by atoms with E-state index in [9.17, 15) is 5.11 Å². The summed E-state index contributed by atoms with van der Waals surface area (Å²) in [6.07, 6.45) is 0. The van der Waals surface area contributed by atoms with E-state index >= 15 is 0 Å².